The lowest BCUT2D eigenvalue weighted by Gasteiger charge is -2.27. The largest absolute Gasteiger partial charge is 0.471 e. The molecular weight excluding hydrogens is 361 g/mol. The Bertz CT molecular complexity index is 902. The normalized spacial score (nSPS) is 15.1. The third-order valence-electron chi connectivity index (χ3n) is 4.23. The van der Waals surface area contributed by atoms with Crippen LogP contribution in [-0.2, 0) is 10.9 Å². The average Bonchev–Trinajstić information content (AvgIpc) is 3.20. The van der Waals surface area contributed by atoms with Crippen molar-refractivity contribution in [3.05, 3.63) is 48.5 Å². The van der Waals surface area contributed by atoms with Crippen LogP contribution in [0.15, 0.2) is 47.1 Å². The maximum absolute atomic E-state index is 12.6. The predicted molar refractivity (Wildman–Crippen MR) is 91.0 cm³/mol. The molecule has 0 unspecified atom stereocenters. The number of nitrogens with zero attached hydrogens (tertiary/aromatic N) is 4. The lowest BCUT2D eigenvalue weighted by Crippen LogP contribution is -2.36. The molecule has 2 aromatic heterocycles. The van der Waals surface area contributed by atoms with Crippen molar-refractivity contribution >= 4 is 5.82 Å². The highest BCUT2D eigenvalue weighted by Crippen LogP contribution is 2.30. The zero-order valence-electron chi connectivity index (χ0n) is 14.1. The van der Waals surface area contributed by atoms with Gasteiger partial charge in [0.05, 0.1) is 13.2 Å². The minimum Gasteiger partial charge on any atom is -0.378 e. The molecule has 6 nitrogen and oxygen atoms in total. The lowest BCUT2D eigenvalue weighted by atomic mass is 10.1. The zero-order chi connectivity index (χ0) is 18.9. The van der Waals surface area contributed by atoms with E-state index in [1.165, 1.54) is 0 Å². The van der Waals surface area contributed by atoms with E-state index in [2.05, 4.69) is 24.5 Å². The van der Waals surface area contributed by atoms with Gasteiger partial charge in [-0.2, -0.15) is 18.2 Å². The fraction of sp³-hybridized carbons (Fsp3) is 0.278. The summed E-state index contributed by atoms with van der Waals surface area (Å²) in [6, 6.07) is 10.8. The quantitative estimate of drug-likeness (QED) is 0.695. The molecule has 9 heteroatoms. The van der Waals surface area contributed by atoms with Crippen molar-refractivity contribution in [1.29, 1.82) is 0 Å². The Morgan fingerprint density at radius 1 is 0.889 bits per heavy atom. The molecule has 0 amide bonds. The van der Waals surface area contributed by atoms with Crippen molar-refractivity contribution in [3.8, 4) is 22.5 Å². The topological polar surface area (TPSA) is 64.3 Å². The van der Waals surface area contributed by atoms with Crippen molar-refractivity contribution in [2.24, 2.45) is 0 Å². The van der Waals surface area contributed by atoms with Crippen LogP contribution in [0.3, 0.4) is 0 Å². The van der Waals surface area contributed by atoms with E-state index < -0.39 is 12.1 Å². The zero-order valence-corrected chi connectivity index (χ0v) is 14.1. The number of ether oxygens (including phenoxy) is 1. The fourth-order valence-electron chi connectivity index (χ4n) is 2.80. The fourth-order valence-corrected chi connectivity index (χ4v) is 2.80. The number of benzene rings is 1. The molecule has 0 saturated carbocycles. The van der Waals surface area contributed by atoms with E-state index >= 15 is 0 Å². The summed E-state index contributed by atoms with van der Waals surface area (Å²) in [4.78, 5) is 10.0. The van der Waals surface area contributed by atoms with Gasteiger partial charge in [-0.25, -0.2) is 4.98 Å². The van der Waals surface area contributed by atoms with Gasteiger partial charge in [0.15, 0.2) is 0 Å². The van der Waals surface area contributed by atoms with Crippen LogP contribution in [-0.4, -0.2) is 41.4 Å². The molecule has 1 saturated heterocycles. The Morgan fingerprint density at radius 2 is 1.56 bits per heavy atom. The summed E-state index contributed by atoms with van der Waals surface area (Å²) >= 11 is 0. The van der Waals surface area contributed by atoms with Gasteiger partial charge >= 0.3 is 12.1 Å². The van der Waals surface area contributed by atoms with Crippen LogP contribution in [0.25, 0.3) is 22.5 Å². The second kappa shape index (κ2) is 6.99. The molecule has 0 radical (unpaired) electrons. The number of rotatable bonds is 3. The Morgan fingerprint density at radius 3 is 2.15 bits per heavy atom. The summed E-state index contributed by atoms with van der Waals surface area (Å²) < 4.78 is 47.3. The molecule has 0 spiro atoms. The van der Waals surface area contributed by atoms with E-state index in [1.54, 1.807) is 30.5 Å². The summed E-state index contributed by atoms with van der Waals surface area (Å²) in [6.45, 7) is 3.01. The van der Waals surface area contributed by atoms with E-state index in [0.29, 0.717) is 18.8 Å². The van der Waals surface area contributed by atoms with Gasteiger partial charge in [0.25, 0.3) is 0 Å². The van der Waals surface area contributed by atoms with Crippen molar-refractivity contribution in [1.82, 2.24) is 15.1 Å². The molecule has 4 rings (SSSR count). The molecule has 0 aliphatic carbocycles. The molecule has 3 heterocycles. The summed E-state index contributed by atoms with van der Waals surface area (Å²) in [7, 11) is 0. The van der Waals surface area contributed by atoms with E-state index in [4.69, 9.17) is 4.74 Å². The van der Waals surface area contributed by atoms with Gasteiger partial charge in [0.2, 0.25) is 5.82 Å². The summed E-state index contributed by atoms with van der Waals surface area (Å²) in [5.41, 5.74) is 2.23. The first-order valence-electron chi connectivity index (χ1n) is 8.31. The highest BCUT2D eigenvalue weighted by Gasteiger charge is 2.38. The van der Waals surface area contributed by atoms with Crippen LogP contribution in [0, 0.1) is 0 Å². The first-order valence-corrected chi connectivity index (χ1v) is 8.31. The van der Waals surface area contributed by atoms with Crippen LogP contribution in [0.5, 0.6) is 0 Å². The van der Waals surface area contributed by atoms with Gasteiger partial charge in [-0.15, -0.1) is 0 Å². The standard InChI is InChI=1S/C18H15F3N4O2/c19-18(20,21)17-23-16(24-27-17)13-3-1-12(2-4-13)14-5-6-15(22-11-14)25-7-9-26-10-8-25/h1-6,11H,7-10H2. The molecule has 1 aromatic carbocycles. The highest BCUT2D eigenvalue weighted by atomic mass is 19.4. The first kappa shape index (κ1) is 17.5. The van der Waals surface area contributed by atoms with E-state index in [1.807, 2.05) is 12.1 Å². The molecule has 27 heavy (non-hydrogen) atoms. The van der Waals surface area contributed by atoms with Gasteiger partial charge < -0.3 is 14.2 Å². The number of hydrogen-bond donors (Lipinski definition) is 0. The molecule has 1 aliphatic rings. The Kier molecular flexibility index (Phi) is 4.53. The molecule has 1 aliphatic heterocycles. The molecular formula is C18H15F3N4O2. The lowest BCUT2D eigenvalue weighted by molar-refractivity contribution is -0.159. The highest BCUT2D eigenvalue weighted by molar-refractivity contribution is 5.67. The third-order valence-corrected chi connectivity index (χ3v) is 4.23. The second-order valence-corrected chi connectivity index (χ2v) is 6.00. The number of pyridine rings is 1. The Hall–Kier alpha value is -2.94. The number of aromatic nitrogens is 3. The monoisotopic (exact) mass is 376 g/mol. The number of morpholine rings is 1. The predicted octanol–water partition coefficient (Wildman–Crippen LogP) is 3.65. The second-order valence-electron chi connectivity index (χ2n) is 6.00. The van der Waals surface area contributed by atoms with Crippen LogP contribution in [0.4, 0.5) is 19.0 Å². The van der Waals surface area contributed by atoms with Gasteiger partial charge in [-0.1, -0.05) is 29.4 Å². The average molecular weight is 376 g/mol. The van der Waals surface area contributed by atoms with Gasteiger partial charge in [-0.3, -0.25) is 0 Å². The van der Waals surface area contributed by atoms with E-state index in [9.17, 15) is 13.2 Å². The minimum absolute atomic E-state index is 0.102. The molecule has 140 valence electrons. The molecule has 1 fully saturated rings. The van der Waals surface area contributed by atoms with Crippen LogP contribution < -0.4 is 4.90 Å². The summed E-state index contributed by atoms with van der Waals surface area (Å²) in [5.74, 6) is -0.565. The summed E-state index contributed by atoms with van der Waals surface area (Å²) in [6.07, 6.45) is -2.88. The van der Waals surface area contributed by atoms with Crippen molar-refractivity contribution in [3.63, 3.8) is 0 Å². The molecule has 3 aromatic rings. The number of alkyl halides is 3. The van der Waals surface area contributed by atoms with Crippen molar-refractivity contribution < 1.29 is 22.4 Å². The van der Waals surface area contributed by atoms with E-state index in [0.717, 1.165) is 30.0 Å². The maximum Gasteiger partial charge on any atom is 0.471 e. The molecule has 0 N–H and O–H groups in total. The molecule has 0 bridgehead atoms. The number of hydrogen-bond acceptors (Lipinski definition) is 6. The first-order chi connectivity index (χ1) is 13.0. The van der Waals surface area contributed by atoms with Gasteiger partial charge in [-0.05, 0) is 17.7 Å². The Balaban J connectivity index is 1.51. The third kappa shape index (κ3) is 3.77. The minimum atomic E-state index is -4.65. The van der Waals surface area contributed by atoms with Crippen LogP contribution in [0.1, 0.15) is 5.89 Å². The van der Waals surface area contributed by atoms with Crippen LogP contribution in [0.2, 0.25) is 0 Å². The van der Waals surface area contributed by atoms with Crippen molar-refractivity contribution in [2.75, 3.05) is 31.2 Å². The van der Waals surface area contributed by atoms with Gasteiger partial charge in [0.1, 0.15) is 5.82 Å². The van der Waals surface area contributed by atoms with Crippen LogP contribution >= 0.6 is 0 Å². The number of halogens is 3. The Labute approximate surface area is 152 Å². The summed E-state index contributed by atoms with van der Waals surface area (Å²) in [5, 5.41) is 3.38. The smallest absolute Gasteiger partial charge is 0.378 e. The molecule has 0 atom stereocenters. The SMILES string of the molecule is FC(F)(F)c1nc(-c2ccc(-c3ccc(N4CCOCC4)nc3)cc2)no1. The van der Waals surface area contributed by atoms with E-state index in [-0.39, 0.29) is 5.82 Å². The van der Waals surface area contributed by atoms with Gasteiger partial charge in [0, 0.05) is 30.4 Å². The van der Waals surface area contributed by atoms with Crippen molar-refractivity contribution in [2.45, 2.75) is 6.18 Å². The maximum atomic E-state index is 12.6. The number of anilines is 1.